The summed E-state index contributed by atoms with van der Waals surface area (Å²) in [5, 5.41) is 3.40. The highest BCUT2D eigenvalue weighted by Crippen LogP contribution is 2.45. The Morgan fingerprint density at radius 3 is 2.69 bits per heavy atom. The van der Waals surface area contributed by atoms with Crippen molar-refractivity contribution >= 4 is 18.4 Å². The Balaban J connectivity index is 2.27. The second-order valence-electron chi connectivity index (χ2n) is 5.01. The van der Waals surface area contributed by atoms with E-state index in [-0.39, 0.29) is 0 Å². The lowest BCUT2D eigenvalue weighted by atomic mass is 10.4. The lowest BCUT2D eigenvalue weighted by molar-refractivity contribution is 0.677. The Morgan fingerprint density at radius 2 is 2.12 bits per heavy atom. The highest BCUT2D eigenvalue weighted by atomic mass is 31.2. The van der Waals surface area contributed by atoms with E-state index in [0.717, 1.165) is 5.82 Å². The van der Waals surface area contributed by atoms with Crippen molar-refractivity contribution in [2.45, 2.75) is 13.0 Å². The third-order valence-corrected chi connectivity index (χ3v) is 4.44. The number of rotatable bonds is 2. The van der Waals surface area contributed by atoms with Gasteiger partial charge in [0.05, 0.1) is 25.3 Å². The first kappa shape index (κ1) is 11.6. The summed E-state index contributed by atoms with van der Waals surface area (Å²) in [6.45, 7) is 9.09. The van der Waals surface area contributed by atoms with E-state index in [4.69, 9.17) is 0 Å². The molecule has 0 saturated carbocycles. The molecule has 3 nitrogen and oxygen atoms in total. The van der Waals surface area contributed by atoms with E-state index < -0.39 is 7.26 Å². The van der Waals surface area contributed by atoms with Crippen molar-refractivity contribution in [3.05, 3.63) is 30.6 Å². The summed E-state index contributed by atoms with van der Waals surface area (Å²) in [5.41, 5.74) is 3.32. The van der Waals surface area contributed by atoms with Crippen molar-refractivity contribution in [1.82, 2.24) is 10.4 Å². The third kappa shape index (κ3) is 2.42. The molecular formula is C12H19N3P+. The lowest BCUT2D eigenvalue weighted by Crippen LogP contribution is -2.34. The van der Waals surface area contributed by atoms with Crippen LogP contribution in [-0.4, -0.2) is 31.0 Å². The molecule has 0 radical (unpaired) electrons. The standard InChI is InChI=1S/C12H19N3P/c1-10-6-8-15(14-10)12-9-11(5-7-13-12)16(2,3)4/h5-10,14H,1-4H3/q+1. The molecule has 0 saturated heterocycles. The van der Waals surface area contributed by atoms with Gasteiger partial charge in [0.25, 0.3) is 0 Å². The number of anilines is 1. The van der Waals surface area contributed by atoms with Crippen LogP contribution in [0.3, 0.4) is 0 Å². The maximum Gasteiger partial charge on any atom is 0.150 e. The van der Waals surface area contributed by atoms with Crippen LogP contribution in [0.1, 0.15) is 6.92 Å². The monoisotopic (exact) mass is 236 g/mol. The minimum absolute atomic E-state index is 0.384. The van der Waals surface area contributed by atoms with Gasteiger partial charge in [0.1, 0.15) is 0 Å². The molecule has 0 fully saturated rings. The van der Waals surface area contributed by atoms with E-state index in [0.29, 0.717) is 6.04 Å². The summed E-state index contributed by atoms with van der Waals surface area (Å²) < 4.78 is 0. The predicted molar refractivity (Wildman–Crippen MR) is 72.8 cm³/mol. The van der Waals surface area contributed by atoms with Gasteiger partial charge in [-0.15, -0.1) is 0 Å². The number of nitrogens with zero attached hydrogens (tertiary/aromatic N) is 2. The third-order valence-electron chi connectivity index (χ3n) is 2.62. The SMILES string of the molecule is CC1C=CN(c2cc([P+](C)(C)C)ccn2)N1. The Hall–Kier alpha value is -0.920. The van der Waals surface area contributed by atoms with E-state index in [2.05, 4.69) is 55.5 Å². The summed E-state index contributed by atoms with van der Waals surface area (Å²) in [6.07, 6.45) is 6.06. The normalized spacial score (nSPS) is 20.5. The first-order valence-electron chi connectivity index (χ1n) is 5.48. The summed E-state index contributed by atoms with van der Waals surface area (Å²) in [7, 11) is -0.969. The maximum absolute atomic E-state index is 4.40. The van der Waals surface area contributed by atoms with E-state index in [1.165, 1.54) is 5.30 Å². The van der Waals surface area contributed by atoms with Crippen LogP contribution in [0.25, 0.3) is 0 Å². The van der Waals surface area contributed by atoms with Crippen molar-refractivity contribution in [2.24, 2.45) is 0 Å². The van der Waals surface area contributed by atoms with Crippen LogP contribution in [-0.2, 0) is 0 Å². The summed E-state index contributed by atoms with van der Waals surface area (Å²) >= 11 is 0. The van der Waals surface area contributed by atoms with Crippen LogP contribution < -0.4 is 15.7 Å². The highest BCUT2D eigenvalue weighted by molar-refractivity contribution is 7.80. The van der Waals surface area contributed by atoms with Gasteiger partial charge < -0.3 is 0 Å². The summed E-state index contributed by atoms with van der Waals surface area (Å²) in [4.78, 5) is 4.40. The smallest absolute Gasteiger partial charge is 0.150 e. The Labute approximate surface area is 97.9 Å². The Bertz CT molecular complexity index is 409. The summed E-state index contributed by atoms with van der Waals surface area (Å²) in [5.74, 6) is 0.980. The van der Waals surface area contributed by atoms with Gasteiger partial charge in [-0.3, -0.25) is 5.01 Å². The molecule has 1 aliphatic rings. The van der Waals surface area contributed by atoms with Crippen LogP contribution in [0.2, 0.25) is 0 Å². The van der Waals surface area contributed by atoms with Crippen LogP contribution in [0, 0.1) is 0 Å². The fourth-order valence-electron chi connectivity index (χ4n) is 1.62. The topological polar surface area (TPSA) is 28.2 Å². The van der Waals surface area contributed by atoms with Gasteiger partial charge in [0.2, 0.25) is 0 Å². The average molecular weight is 236 g/mol. The van der Waals surface area contributed by atoms with Crippen LogP contribution in [0.15, 0.2) is 30.6 Å². The van der Waals surface area contributed by atoms with E-state index >= 15 is 0 Å². The summed E-state index contributed by atoms with van der Waals surface area (Å²) in [6, 6.07) is 4.69. The molecule has 2 heterocycles. The number of aromatic nitrogens is 1. The fraction of sp³-hybridized carbons (Fsp3) is 0.417. The van der Waals surface area contributed by atoms with E-state index in [9.17, 15) is 0 Å². The van der Waals surface area contributed by atoms with Gasteiger partial charge >= 0.3 is 0 Å². The van der Waals surface area contributed by atoms with Gasteiger partial charge in [-0.25, -0.2) is 10.4 Å². The molecular weight excluding hydrogens is 217 g/mol. The largest absolute Gasteiger partial charge is 0.267 e. The second-order valence-corrected chi connectivity index (χ2v) is 9.56. The number of nitrogens with one attached hydrogen (secondary N) is 1. The zero-order chi connectivity index (χ0) is 11.8. The van der Waals surface area contributed by atoms with Gasteiger partial charge in [0, 0.05) is 31.8 Å². The quantitative estimate of drug-likeness (QED) is 0.794. The van der Waals surface area contributed by atoms with Crippen molar-refractivity contribution in [3.8, 4) is 0 Å². The zero-order valence-electron chi connectivity index (χ0n) is 10.3. The van der Waals surface area contributed by atoms with Crippen LogP contribution in [0.5, 0.6) is 0 Å². The van der Waals surface area contributed by atoms with E-state index in [1.54, 1.807) is 0 Å². The molecule has 1 N–H and O–H groups in total. The van der Waals surface area contributed by atoms with Crippen LogP contribution in [0.4, 0.5) is 5.82 Å². The molecule has 0 bridgehead atoms. The molecule has 16 heavy (non-hydrogen) atoms. The fourth-order valence-corrected chi connectivity index (χ4v) is 2.64. The van der Waals surface area contributed by atoms with Gasteiger partial charge in [-0.2, -0.15) is 0 Å². The molecule has 0 amide bonds. The lowest BCUT2D eigenvalue weighted by Gasteiger charge is -2.19. The maximum atomic E-state index is 4.40. The van der Waals surface area contributed by atoms with Gasteiger partial charge in [0.15, 0.2) is 5.82 Å². The highest BCUT2D eigenvalue weighted by Gasteiger charge is 2.23. The number of pyridine rings is 1. The average Bonchev–Trinajstić information content (AvgIpc) is 2.64. The molecule has 0 aliphatic carbocycles. The molecule has 1 aromatic heterocycles. The van der Waals surface area contributed by atoms with Gasteiger partial charge in [-0.05, 0) is 19.1 Å². The molecule has 1 aromatic rings. The molecule has 1 unspecified atom stereocenters. The second kappa shape index (κ2) is 4.15. The van der Waals surface area contributed by atoms with E-state index in [1.807, 2.05) is 17.4 Å². The number of hydrogen-bond donors (Lipinski definition) is 1. The number of hydrogen-bond acceptors (Lipinski definition) is 3. The first-order valence-corrected chi connectivity index (χ1v) is 8.62. The molecule has 1 aliphatic heterocycles. The van der Waals surface area contributed by atoms with Crippen molar-refractivity contribution in [3.63, 3.8) is 0 Å². The Morgan fingerprint density at radius 1 is 1.38 bits per heavy atom. The number of hydrazine groups is 1. The zero-order valence-corrected chi connectivity index (χ0v) is 11.2. The molecule has 4 heteroatoms. The van der Waals surface area contributed by atoms with Crippen molar-refractivity contribution < 1.29 is 0 Å². The minimum atomic E-state index is -0.969. The minimum Gasteiger partial charge on any atom is -0.267 e. The molecule has 0 spiro atoms. The Kier molecular flexibility index (Phi) is 3.00. The predicted octanol–water partition coefficient (Wildman–Crippen LogP) is 1.84. The molecule has 2 rings (SSSR count). The van der Waals surface area contributed by atoms with Crippen molar-refractivity contribution in [1.29, 1.82) is 0 Å². The first-order chi connectivity index (χ1) is 7.47. The van der Waals surface area contributed by atoms with Gasteiger partial charge in [-0.1, -0.05) is 0 Å². The molecule has 86 valence electrons. The molecule has 1 atom stereocenters. The van der Waals surface area contributed by atoms with Crippen molar-refractivity contribution in [2.75, 3.05) is 25.0 Å². The molecule has 0 aromatic carbocycles. The van der Waals surface area contributed by atoms with Crippen LogP contribution >= 0.6 is 7.26 Å².